The predicted molar refractivity (Wildman–Crippen MR) is 107 cm³/mol. The normalized spacial score (nSPS) is 17.2. The Balaban J connectivity index is 1.90. The van der Waals surface area contributed by atoms with Crippen LogP contribution in [0.15, 0.2) is 45.6 Å². The summed E-state index contributed by atoms with van der Waals surface area (Å²) in [6, 6.07) is 10.4. The average molecular weight is 398 g/mol. The average Bonchev–Trinajstić information content (AvgIpc) is 3.33. The molecular formula is C22H22O7. The van der Waals surface area contributed by atoms with E-state index in [0.29, 0.717) is 5.56 Å². The summed E-state index contributed by atoms with van der Waals surface area (Å²) in [6.07, 6.45) is -0.0622. The number of epoxide rings is 1. The van der Waals surface area contributed by atoms with Gasteiger partial charge in [-0.05, 0) is 13.8 Å². The second kappa shape index (κ2) is 7.00. The van der Waals surface area contributed by atoms with Gasteiger partial charge in [-0.2, -0.15) is 0 Å². The Morgan fingerprint density at radius 3 is 2.34 bits per heavy atom. The molecule has 4 rings (SSSR count). The smallest absolute Gasteiger partial charge is 0.239 e. The fraction of sp³-hybridized carbons (Fsp3) is 0.318. The Kier molecular flexibility index (Phi) is 4.62. The Bertz CT molecular complexity index is 1120. The number of ether oxygens (including phenoxy) is 4. The van der Waals surface area contributed by atoms with E-state index in [9.17, 15) is 9.90 Å². The van der Waals surface area contributed by atoms with Gasteiger partial charge in [0.1, 0.15) is 23.8 Å². The van der Waals surface area contributed by atoms with Crippen LogP contribution in [0.2, 0.25) is 0 Å². The number of hydrogen-bond acceptors (Lipinski definition) is 7. The van der Waals surface area contributed by atoms with Gasteiger partial charge in [-0.3, -0.25) is 4.79 Å². The Morgan fingerprint density at radius 2 is 1.76 bits per heavy atom. The molecule has 1 aromatic heterocycles. The lowest BCUT2D eigenvalue weighted by Crippen LogP contribution is -2.13. The minimum absolute atomic E-state index is 0.00264. The number of phenolic OH excluding ortho intramolecular Hbond substituents is 1. The summed E-state index contributed by atoms with van der Waals surface area (Å²) in [6.45, 7) is 4.21. The van der Waals surface area contributed by atoms with E-state index in [2.05, 4.69) is 0 Å². The zero-order chi connectivity index (χ0) is 20.8. The molecule has 0 bridgehead atoms. The van der Waals surface area contributed by atoms with Crippen molar-refractivity contribution < 1.29 is 28.5 Å². The lowest BCUT2D eigenvalue weighted by molar-refractivity contribution is 0.245. The summed E-state index contributed by atoms with van der Waals surface area (Å²) in [5.74, 6) is 0.442. The van der Waals surface area contributed by atoms with Gasteiger partial charge in [0.05, 0.1) is 19.8 Å². The van der Waals surface area contributed by atoms with E-state index in [0.717, 1.165) is 0 Å². The maximum Gasteiger partial charge on any atom is 0.239 e. The van der Waals surface area contributed by atoms with E-state index in [1.807, 2.05) is 32.0 Å². The van der Waals surface area contributed by atoms with Crippen LogP contribution >= 0.6 is 0 Å². The third kappa shape index (κ3) is 3.27. The third-order valence-corrected chi connectivity index (χ3v) is 5.02. The molecule has 29 heavy (non-hydrogen) atoms. The highest BCUT2D eigenvalue weighted by Gasteiger charge is 2.48. The van der Waals surface area contributed by atoms with Crippen molar-refractivity contribution in [2.45, 2.75) is 25.6 Å². The number of hydrogen-bond donors (Lipinski definition) is 1. The number of phenols is 1. The van der Waals surface area contributed by atoms with Crippen LogP contribution in [0.4, 0.5) is 0 Å². The molecule has 1 aliphatic heterocycles. The summed E-state index contributed by atoms with van der Waals surface area (Å²) < 4.78 is 28.2. The first-order chi connectivity index (χ1) is 13.9. The lowest BCUT2D eigenvalue weighted by Gasteiger charge is -2.15. The zero-order valence-corrected chi connectivity index (χ0v) is 16.6. The highest BCUT2D eigenvalue weighted by atomic mass is 16.6. The van der Waals surface area contributed by atoms with Crippen molar-refractivity contribution in [3.05, 3.63) is 46.6 Å². The van der Waals surface area contributed by atoms with Gasteiger partial charge in [-0.15, -0.1) is 0 Å². The largest absolute Gasteiger partial charge is 0.507 e. The number of aromatic hydroxyl groups is 1. The van der Waals surface area contributed by atoms with Gasteiger partial charge in [0, 0.05) is 11.6 Å². The number of fused-ring (bicyclic) bond motifs is 1. The molecule has 0 amide bonds. The van der Waals surface area contributed by atoms with E-state index < -0.39 is 5.43 Å². The predicted octanol–water partition coefficient (Wildman–Crippen LogP) is 3.74. The fourth-order valence-corrected chi connectivity index (χ4v) is 3.28. The fourth-order valence-electron chi connectivity index (χ4n) is 3.28. The number of rotatable bonds is 6. The highest BCUT2D eigenvalue weighted by molar-refractivity contribution is 5.93. The summed E-state index contributed by atoms with van der Waals surface area (Å²) in [7, 11) is 2.83. The van der Waals surface area contributed by atoms with Gasteiger partial charge in [0.15, 0.2) is 17.1 Å². The molecule has 0 unspecified atom stereocenters. The van der Waals surface area contributed by atoms with Gasteiger partial charge in [0.2, 0.25) is 16.9 Å². The van der Waals surface area contributed by atoms with E-state index in [-0.39, 0.29) is 58.0 Å². The minimum Gasteiger partial charge on any atom is -0.507 e. The van der Waals surface area contributed by atoms with Crippen molar-refractivity contribution >= 4 is 11.0 Å². The topological polar surface area (TPSA) is 90.7 Å². The van der Waals surface area contributed by atoms with E-state index >= 15 is 0 Å². The van der Waals surface area contributed by atoms with Crippen LogP contribution < -0.4 is 19.6 Å². The molecule has 3 aromatic rings. The Morgan fingerprint density at radius 1 is 1.10 bits per heavy atom. The molecule has 1 fully saturated rings. The van der Waals surface area contributed by atoms with Crippen molar-refractivity contribution in [1.29, 1.82) is 0 Å². The van der Waals surface area contributed by atoms with Crippen LogP contribution in [-0.2, 0) is 4.74 Å². The van der Waals surface area contributed by atoms with Crippen LogP contribution in [0.5, 0.6) is 23.0 Å². The van der Waals surface area contributed by atoms with Crippen LogP contribution in [-0.4, -0.2) is 37.6 Å². The molecule has 2 aromatic carbocycles. The molecule has 0 saturated carbocycles. The summed E-state index contributed by atoms with van der Waals surface area (Å²) in [5.41, 5.74) is 0.00101. The van der Waals surface area contributed by atoms with E-state index in [4.69, 9.17) is 23.4 Å². The molecule has 1 N–H and O–H groups in total. The van der Waals surface area contributed by atoms with E-state index in [1.165, 1.54) is 20.3 Å². The first kappa shape index (κ1) is 19.1. The van der Waals surface area contributed by atoms with Crippen LogP contribution in [0.1, 0.15) is 13.8 Å². The summed E-state index contributed by atoms with van der Waals surface area (Å²) >= 11 is 0. The molecule has 0 aliphatic carbocycles. The van der Waals surface area contributed by atoms with Crippen molar-refractivity contribution in [2.75, 3.05) is 20.8 Å². The second-order valence-corrected chi connectivity index (χ2v) is 7.31. The molecule has 7 heteroatoms. The van der Waals surface area contributed by atoms with Crippen molar-refractivity contribution in [1.82, 2.24) is 0 Å². The molecular weight excluding hydrogens is 376 g/mol. The molecule has 0 radical (unpaired) electrons. The Labute approximate surface area is 167 Å². The molecule has 2 heterocycles. The number of methoxy groups -OCH3 is 2. The van der Waals surface area contributed by atoms with Gasteiger partial charge < -0.3 is 28.5 Å². The molecule has 0 spiro atoms. The van der Waals surface area contributed by atoms with Crippen molar-refractivity contribution in [3.8, 4) is 34.3 Å². The maximum absolute atomic E-state index is 13.1. The van der Waals surface area contributed by atoms with Gasteiger partial charge in [0.25, 0.3) is 0 Å². The standard InChI is InChI=1S/C22H22O7/c1-22(2)15(29-22)11-27-14-10-13(23)16-17(24)21(26-4)18(12-8-6-5-7-9-12)28-20(16)19(14)25-3/h5-10,15,23H,11H2,1-4H3/t15-/m0/s1. The highest BCUT2D eigenvalue weighted by Crippen LogP contribution is 2.44. The zero-order valence-electron chi connectivity index (χ0n) is 16.6. The van der Waals surface area contributed by atoms with Gasteiger partial charge in [-0.1, -0.05) is 30.3 Å². The molecule has 1 atom stereocenters. The van der Waals surface area contributed by atoms with Crippen LogP contribution in [0.25, 0.3) is 22.3 Å². The Hall–Kier alpha value is -3.19. The van der Waals surface area contributed by atoms with Crippen LogP contribution in [0, 0.1) is 0 Å². The minimum atomic E-state index is -0.499. The van der Waals surface area contributed by atoms with Crippen LogP contribution in [0.3, 0.4) is 0 Å². The lowest BCUT2D eigenvalue weighted by atomic mass is 10.1. The number of benzene rings is 2. The summed E-state index contributed by atoms with van der Waals surface area (Å²) in [4.78, 5) is 13.1. The monoisotopic (exact) mass is 398 g/mol. The van der Waals surface area contributed by atoms with E-state index in [1.54, 1.807) is 12.1 Å². The SMILES string of the molecule is COc1c(-c2ccccc2)oc2c(OC)c(OC[C@@H]3OC3(C)C)cc(O)c2c1=O. The van der Waals surface area contributed by atoms with Crippen molar-refractivity contribution in [3.63, 3.8) is 0 Å². The molecule has 7 nitrogen and oxygen atoms in total. The maximum atomic E-state index is 13.1. The second-order valence-electron chi connectivity index (χ2n) is 7.31. The first-order valence-electron chi connectivity index (χ1n) is 9.18. The third-order valence-electron chi connectivity index (χ3n) is 5.02. The quantitative estimate of drug-likeness (QED) is 0.633. The molecule has 1 saturated heterocycles. The van der Waals surface area contributed by atoms with Gasteiger partial charge >= 0.3 is 0 Å². The first-order valence-corrected chi connectivity index (χ1v) is 9.18. The summed E-state index contributed by atoms with van der Waals surface area (Å²) in [5, 5.41) is 10.5. The molecule has 152 valence electrons. The van der Waals surface area contributed by atoms with Crippen molar-refractivity contribution in [2.24, 2.45) is 0 Å². The van der Waals surface area contributed by atoms with Gasteiger partial charge in [-0.25, -0.2) is 0 Å². The molecule has 1 aliphatic rings.